The third kappa shape index (κ3) is 3.72. The SMILES string of the molecule is CC(c1ccc(OCC(F)(F)F)nc1)N1C(C(=O)O)C=C2C=CC=CN21. The Morgan fingerprint density at radius 1 is 1.38 bits per heavy atom. The second kappa shape index (κ2) is 6.83. The number of ether oxygens (including phenoxy) is 1. The maximum absolute atomic E-state index is 12.2. The molecule has 0 aromatic carbocycles. The van der Waals surface area contributed by atoms with Crippen LogP contribution in [0.3, 0.4) is 0 Å². The van der Waals surface area contributed by atoms with Crippen molar-refractivity contribution < 1.29 is 27.8 Å². The number of hydrogen-bond acceptors (Lipinski definition) is 5. The number of alkyl halides is 3. The van der Waals surface area contributed by atoms with Gasteiger partial charge in [0.1, 0.15) is 6.04 Å². The van der Waals surface area contributed by atoms with E-state index in [4.69, 9.17) is 0 Å². The van der Waals surface area contributed by atoms with Crippen LogP contribution in [0.25, 0.3) is 0 Å². The summed E-state index contributed by atoms with van der Waals surface area (Å²) in [4.78, 5) is 15.5. The molecule has 1 aromatic rings. The minimum absolute atomic E-state index is 0.144. The topological polar surface area (TPSA) is 65.9 Å². The van der Waals surface area contributed by atoms with Gasteiger partial charge in [-0.1, -0.05) is 12.1 Å². The molecule has 1 N–H and O–H groups in total. The highest BCUT2D eigenvalue weighted by Crippen LogP contribution is 2.34. The van der Waals surface area contributed by atoms with Crippen LogP contribution in [0.15, 0.2) is 54.5 Å². The number of allylic oxidation sites excluding steroid dienone is 3. The van der Waals surface area contributed by atoms with E-state index in [0.717, 1.165) is 5.70 Å². The largest absolute Gasteiger partial charge is 0.480 e. The number of hydrazine groups is 1. The summed E-state index contributed by atoms with van der Waals surface area (Å²) in [5.41, 5.74) is 1.39. The quantitative estimate of drug-likeness (QED) is 0.863. The third-order valence-corrected chi connectivity index (χ3v) is 4.01. The fourth-order valence-electron chi connectivity index (χ4n) is 2.81. The summed E-state index contributed by atoms with van der Waals surface area (Å²) in [5, 5.41) is 12.9. The lowest BCUT2D eigenvalue weighted by Crippen LogP contribution is -2.45. The van der Waals surface area contributed by atoms with Gasteiger partial charge in [-0.25, -0.2) is 4.98 Å². The Morgan fingerprint density at radius 2 is 2.15 bits per heavy atom. The Hall–Kier alpha value is -2.81. The van der Waals surface area contributed by atoms with Gasteiger partial charge in [-0.15, -0.1) is 0 Å². The van der Waals surface area contributed by atoms with E-state index in [1.807, 2.05) is 6.08 Å². The minimum Gasteiger partial charge on any atom is -0.480 e. The van der Waals surface area contributed by atoms with E-state index in [1.54, 1.807) is 47.4 Å². The maximum atomic E-state index is 12.2. The van der Waals surface area contributed by atoms with Crippen molar-refractivity contribution in [3.8, 4) is 5.88 Å². The highest BCUT2D eigenvalue weighted by atomic mass is 19.4. The molecular weight excluding hydrogens is 351 g/mol. The number of halogens is 3. The molecule has 0 saturated heterocycles. The second-order valence-electron chi connectivity index (χ2n) is 5.81. The molecule has 9 heteroatoms. The standard InChI is InChI=1S/C17H16F3N3O3/c1-11(12-5-6-15(21-9-12)26-10-17(18,19)20)23-14(16(24)25)8-13-4-2-3-7-22(13)23/h2-9,11,14H,10H2,1H3,(H,24,25). The van der Waals surface area contributed by atoms with Crippen LogP contribution < -0.4 is 4.74 Å². The van der Waals surface area contributed by atoms with Gasteiger partial charge < -0.3 is 9.84 Å². The molecule has 0 spiro atoms. The van der Waals surface area contributed by atoms with Crippen molar-refractivity contribution in [3.05, 3.63) is 60.1 Å². The van der Waals surface area contributed by atoms with Gasteiger partial charge in [0.15, 0.2) is 6.61 Å². The first kappa shape index (κ1) is 18.0. The fourth-order valence-corrected chi connectivity index (χ4v) is 2.81. The molecule has 3 heterocycles. The first-order chi connectivity index (χ1) is 12.3. The van der Waals surface area contributed by atoms with E-state index in [-0.39, 0.29) is 11.9 Å². The maximum Gasteiger partial charge on any atom is 0.422 e. The molecule has 138 valence electrons. The van der Waals surface area contributed by atoms with Crippen molar-refractivity contribution in [1.82, 2.24) is 15.0 Å². The van der Waals surface area contributed by atoms with Crippen molar-refractivity contribution in [2.75, 3.05) is 6.61 Å². The molecular formula is C17H16F3N3O3. The zero-order chi connectivity index (χ0) is 18.9. The molecule has 0 radical (unpaired) electrons. The van der Waals surface area contributed by atoms with E-state index in [0.29, 0.717) is 5.56 Å². The van der Waals surface area contributed by atoms with E-state index in [9.17, 15) is 23.1 Å². The smallest absolute Gasteiger partial charge is 0.422 e. The van der Waals surface area contributed by atoms with Gasteiger partial charge in [0.25, 0.3) is 0 Å². The molecule has 6 nitrogen and oxygen atoms in total. The molecule has 1 aromatic heterocycles. The molecule has 0 fully saturated rings. The summed E-state index contributed by atoms with van der Waals surface area (Å²) in [6, 6.07) is 1.66. The van der Waals surface area contributed by atoms with Crippen LogP contribution in [0.4, 0.5) is 13.2 Å². The minimum atomic E-state index is -4.44. The number of carbonyl (C=O) groups is 1. The Labute approximate surface area is 147 Å². The van der Waals surface area contributed by atoms with Crippen molar-refractivity contribution in [1.29, 1.82) is 0 Å². The molecule has 2 aliphatic heterocycles. The number of carboxylic acid groups (broad SMARTS) is 1. The van der Waals surface area contributed by atoms with Gasteiger partial charge in [0, 0.05) is 18.5 Å². The Kier molecular flexibility index (Phi) is 4.73. The summed E-state index contributed by atoms with van der Waals surface area (Å²) in [6.07, 6.45) is 5.73. The second-order valence-corrected chi connectivity index (χ2v) is 5.81. The number of carboxylic acids is 1. The normalized spacial score (nSPS) is 20.7. The zero-order valence-corrected chi connectivity index (χ0v) is 13.7. The lowest BCUT2D eigenvalue weighted by Gasteiger charge is -2.36. The summed E-state index contributed by atoms with van der Waals surface area (Å²) in [7, 11) is 0. The zero-order valence-electron chi connectivity index (χ0n) is 13.7. The van der Waals surface area contributed by atoms with Crippen molar-refractivity contribution in [3.63, 3.8) is 0 Å². The summed E-state index contributed by atoms with van der Waals surface area (Å²) < 4.78 is 41.2. The number of rotatable bonds is 5. The summed E-state index contributed by atoms with van der Waals surface area (Å²) in [6.45, 7) is 0.381. The average Bonchev–Trinajstić information content (AvgIpc) is 2.99. The first-order valence-electron chi connectivity index (χ1n) is 7.79. The molecule has 2 atom stereocenters. The monoisotopic (exact) mass is 367 g/mol. The predicted molar refractivity (Wildman–Crippen MR) is 85.7 cm³/mol. The molecule has 0 bridgehead atoms. The van der Waals surface area contributed by atoms with Gasteiger partial charge in [-0.05, 0) is 30.7 Å². The van der Waals surface area contributed by atoms with E-state index < -0.39 is 24.8 Å². The lowest BCUT2D eigenvalue weighted by atomic mass is 10.1. The number of fused-ring (bicyclic) bond motifs is 1. The van der Waals surface area contributed by atoms with Crippen LogP contribution >= 0.6 is 0 Å². The van der Waals surface area contributed by atoms with Crippen LogP contribution in [0.1, 0.15) is 18.5 Å². The highest BCUT2D eigenvalue weighted by molar-refractivity contribution is 5.77. The van der Waals surface area contributed by atoms with Crippen molar-refractivity contribution in [2.45, 2.75) is 25.2 Å². The Morgan fingerprint density at radius 3 is 2.77 bits per heavy atom. The number of aromatic nitrogens is 1. The third-order valence-electron chi connectivity index (χ3n) is 4.01. The molecule has 2 unspecified atom stereocenters. The summed E-state index contributed by atoms with van der Waals surface area (Å²) >= 11 is 0. The van der Waals surface area contributed by atoms with Gasteiger partial charge in [0.05, 0.1) is 11.7 Å². The molecule has 0 amide bonds. The predicted octanol–water partition coefficient (Wildman–Crippen LogP) is 3.04. The van der Waals surface area contributed by atoms with Crippen LogP contribution in [0.5, 0.6) is 5.88 Å². The van der Waals surface area contributed by atoms with Crippen LogP contribution in [-0.2, 0) is 4.79 Å². The van der Waals surface area contributed by atoms with Crippen LogP contribution in [0.2, 0.25) is 0 Å². The molecule has 3 rings (SSSR count). The Bertz CT molecular complexity index is 772. The molecule has 0 saturated carbocycles. The number of aliphatic carboxylic acids is 1. The van der Waals surface area contributed by atoms with E-state index >= 15 is 0 Å². The average molecular weight is 367 g/mol. The van der Waals surface area contributed by atoms with Gasteiger partial charge in [-0.3, -0.25) is 9.80 Å². The van der Waals surface area contributed by atoms with Gasteiger partial charge in [0.2, 0.25) is 5.88 Å². The fraction of sp³-hybridized carbons (Fsp3) is 0.294. The van der Waals surface area contributed by atoms with Crippen molar-refractivity contribution in [2.24, 2.45) is 0 Å². The molecule has 26 heavy (non-hydrogen) atoms. The lowest BCUT2D eigenvalue weighted by molar-refractivity contribution is -0.154. The Balaban J connectivity index is 1.77. The highest BCUT2D eigenvalue weighted by Gasteiger charge is 2.39. The molecule has 2 aliphatic rings. The van der Waals surface area contributed by atoms with Crippen LogP contribution in [0, 0.1) is 0 Å². The first-order valence-corrected chi connectivity index (χ1v) is 7.79. The van der Waals surface area contributed by atoms with Crippen LogP contribution in [-0.4, -0.2) is 44.9 Å². The summed E-state index contributed by atoms with van der Waals surface area (Å²) in [5.74, 6) is -1.15. The number of nitrogens with zero attached hydrogens (tertiary/aromatic N) is 3. The van der Waals surface area contributed by atoms with E-state index in [1.165, 1.54) is 12.3 Å². The van der Waals surface area contributed by atoms with E-state index in [2.05, 4.69) is 9.72 Å². The number of pyridine rings is 1. The van der Waals surface area contributed by atoms with Gasteiger partial charge >= 0.3 is 12.1 Å². The molecule has 0 aliphatic carbocycles. The number of hydrogen-bond donors (Lipinski definition) is 1. The van der Waals surface area contributed by atoms with Gasteiger partial charge in [-0.2, -0.15) is 18.2 Å². The van der Waals surface area contributed by atoms with Crippen molar-refractivity contribution >= 4 is 5.97 Å².